The predicted octanol–water partition coefficient (Wildman–Crippen LogP) is 0.688. The molecule has 0 radical (unpaired) electrons. The zero-order chi connectivity index (χ0) is 15.1. The molecule has 0 aromatic heterocycles. The number of rotatable bonds is 5. The number of esters is 1. The molecule has 0 aliphatic carbocycles. The Hall–Kier alpha value is -2.77. The Bertz CT molecular complexity index is 529. The van der Waals surface area contributed by atoms with Crippen molar-refractivity contribution in [1.29, 1.82) is 0 Å². The van der Waals surface area contributed by atoms with Gasteiger partial charge in [0.05, 0.1) is 25.5 Å². The molecule has 8 nitrogen and oxygen atoms in total. The van der Waals surface area contributed by atoms with Crippen LogP contribution in [-0.4, -0.2) is 43.8 Å². The molecule has 1 aromatic carbocycles. The zero-order valence-corrected chi connectivity index (χ0v) is 10.9. The Balaban J connectivity index is 2.79. The molecule has 2 amide bonds. The Kier molecular flexibility index (Phi) is 5.33. The Labute approximate surface area is 114 Å². The summed E-state index contributed by atoms with van der Waals surface area (Å²) in [5, 5.41) is 13.5. The second-order valence-corrected chi connectivity index (χ2v) is 3.60. The van der Waals surface area contributed by atoms with Crippen LogP contribution in [0.2, 0.25) is 0 Å². The number of carbonyl (C=O) groups excluding carboxylic acids is 2. The van der Waals surface area contributed by atoms with Gasteiger partial charge in [-0.25, -0.2) is 9.59 Å². The average Bonchev–Trinajstić information content (AvgIpc) is 2.44. The van der Waals surface area contributed by atoms with Crippen LogP contribution in [0.5, 0.6) is 5.75 Å². The Morgan fingerprint density at radius 3 is 2.50 bits per heavy atom. The van der Waals surface area contributed by atoms with Gasteiger partial charge in [-0.1, -0.05) is 0 Å². The van der Waals surface area contributed by atoms with Gasteiger partial charge in [0.15, 0.2) is 0 Å². The minimum Gasteiger partial charge on any atom is -0.495 e. The first-order valence-electron chi connectivity index (χ1n) is 5.51. The lowest BCUT2D eigenvalue weighted by molar-refractivity contribution is -0.139. The van der Waals surface area contributed by atoms with Gasteiger partial charge in [-0.2, -0.15) is 0 Å². The fraction of sp³-hybridized carbons (Fsp3) is 0.250. The summed E-state index contributed by atoms with van der Waals surface area (Å²) in [5.74, 6) is -1.44. The van der Waals surface area contributed by atoms with Gasteiger partial charge in [0.2, 0.25) is 0 Å². The summed E-state index contributed by atoms with van der Waals surface area (Å²) in [6.45, 7) is -0.302. The van der Waals surface area contributed by atoms with Crippen molar-refractivity contribution in [3.63, 3.8) is 0 Å². The molecule has 0 aliphatic heterocycles. The quantitative estimate of drug-likeness (QED) is 0.684. The molecule has 0 fully saturated rings. The van der Waals surface area contributed by atoms with E-state index in [0.717, 1.165) is 0 Å². The van der Waals surface area contributed by atoms with E-state index in [1.165, 1.54) is 32.4 Å². The van der Waals surface area contributed by atoms with Crippen LogP contribution in [0, 0.1) is 0 Å². The lowest BCUT2D eigenvalue weighted by atomic mass is 10.2. The highest BCUT2D eigenvalue weighted by molar-refractivity contribution is 5.95. The summed E-state index contributed by atoms with van der Waals surface area (Å²) >= 11 is 0. The third-order valence-corrected chi connectivity index (χ3v) is 2.32. The van der Waals surface area contributed by atoms with E-state index in [1.54, 1.807) is 0 Å². The first kappa shape index (κ1) is 15.3. The van der Waals surface area contributed by atoms with Crippen molar-refractivity contribution in [2.24, 2.45) is 0 Å². The first-order valence-corrected chi connectivity index (χ1v) is 5.51. The van der Waals surface area contributed by atoms with Crippen LogP contribution in [0.3, 0.4) is 0 Å². The molecule has 0 bridgehead atoms. The summed E-state index contributed by atoms with van der Waals surface area (Å²) in [5.41, 5.74) is 0.170. The number of urea groups is 1. The standard InChI is InChI=1S/C12H14N2O6/c1-19-9-4-3-7(11(16)17)5-8(9)14-12(18)13-6-10(15)20-2/h3-5H,6H2,1-2H3,(H,16,17)(H2,13,14,18). The monoisotopic (exact) mass is 282 g/mol. The van der Waals surface area contributed by atoms with Gasteiger partial charge in [0, 0.05) is 0 Å². The van der Waals surface area contributed by atoms with Crippen molar-refractivity contribution in [3.8, 4) is 5.75 Å². The van der Waals surface area contributed by atoms with Gasteiger partial charge in [0.25, 0.3) is 0 Å². The molecule has 0 unspecified atom stereocenters. The fourth-order valence-corrected chi connectivity index (χ4v) is 1.33. The van der Waals surface area contributed by atoms with E-state index in [2.05, 4.69) is 15.4 Å². The molecule has 108 valence electrons. The number of nitrogens with one attached hydrogen (secondary N) is 2. The molecule has 1 aromatic rings. The maximum absolute atomic E-state index is 11.5. The maximum atomic E-state index is 11.5. The lowest BCUT2D eigenvalue weighted by Gasteiger charge is -2.11. The number of aromatic carboxylic acids is 1. The largest absolute Gasteiger partial charge is 0.495 e. The van der Waals surface area contributed by atoms with Crippen molar-refractivity contribution in [3.05, 3.63) is 23.8 Å². The highest BCUT2D eigenvalue weighted by atomic mass is 16.5. The van der Waals surface area contributed by atoms with Crippen LogP contribution < -0.4 is 15.4 Å². The third kappa shape index (κ3) is 4.16. The summed E-state index contributed by atoms with van der Waals surface area (Å²) in [6, 6.07) is 3.33. The van der Waals surface area contributed by atoms with Crippen LogP contribution >= 0.6 is 0 Å². The van der Waals surface area contributed by atoms with E-state index in [4.69, 9.17) is 9.84 Å². The van der Waals surface area contributed by atoms with Gasteiger partial charge < -0.3 is 25.2 Å². The number of carboxylic acid groups (broad SMARTS) is 1. The van der Waals surface area contributed by atoms with E-state index >= 15 is 0 Å². The zero-order valence-electron chi connectivity index (χ0n) is 10.9. The smallest absolute Gasteiger partial charge is 0.335 e. The van der Waals surface area contributed by atoms with Crippen molar-refractivity contribution in [2.75, 3.05) is 26.1 Å². The molecule has 0 saturated heterocycles. The number of methoxy groups -OCH3 is 2. The second kappa shape index (κ2) is 6.98. The van der Waals surface area contributed by atoms with Crippen LogP contribution in [-0.2, 0) is 9.53 Å². The molecule has 3 N–H and O–H groups in total. The number of amides is 2. The summed E-state index contributed by atoms with van der Waals surface area (Å²) in [7, 11) is 2.58. The second-order valence-electron chi connectivity index (χ2n) is 3.60. The van der Waals surface area contributed by atoms with Crippen molar-refractivity contribution < 1.29 is 29.0 Å². The van der Waals surface area contributed by atoms with E-state index in [0.29, 0.717) is 5.75 Å². The Morgan fingerprint density at radius 1 is 1.25 bits per heavy atom. The summed E-state index contributed by atoms with van der Waals surface area (Å²) in [6.07, 6.45) is 0. The third-order valence-electron chi connectivity index (χ3n) is 2.32. The maximum Gasteiger partial charge on any atom is 0.335 e. The van der Waals surface area contributed by atoms with Gasteiger partial charge in [-0.3, -0.25) is 4.79 Å². The molecule has 1 rings (SSSR count). The minimum atomic E-state index is -1.13. The Morgan fingerprint density at radius 2 is 1.95 bits per heavy atom. The summed E-state index contributed by atoms with van der Waals surface area (Å²) in [4.78, 5) is 33.3. The molecule has 20 heavy (non-hydrogen) atoms. The highest BCUT2D eigenvalue weighted by Gasteiger charge is 2.12. The fourth-order valence-electron chi connectivity index (χ4n) is 1.33. The normalized spacial score (nSPS) is 9.50. The molecule has 0 saturated carbocycles. The van der Waals surface area contributed by atoms with Crippen LogP contribution in [0.4, 0.5) is 10.5 Å². The number of ether oxygens (including phenoxy) is 2. The SMILES string of the molecule is COC(=O)CNC(=O)Nc1cc(C(=O)O)ccc1OC. The molecule has 8 heteroatoms. The van der Waals surface area contributed by atoms with Gasteiger partial charge in [0.1, 0.15) is 12.3 Å². The lowest BCUT2D eigenvalue weighted by Crippen LogP contribution is -2.33. The molecule has 0 aliphatic rings. The van der Waals surface area contributed by atoms with Crippen LogP contribution in [0.1, 0.15) is 10.4 Å². The average molecular weight is 282 g/mol. The summed E-state index contributed by atoms with van der Waals surface area (Å²) < 4.78 is 9.36. The minimum absolute atomic E-state index is 0.00549. The topological polar surface area (TPSA) is 114 Å². The molecular weight excluding hydrogens is 268 g/mol. The molecule has 0 heterocycles. The predicted molar refractivity (Wildman–Crippen MR) is 69.0 cm³/mol. The van der Waals surface area contributed by atoms with Gasteiger partial charge in [-0.05, 0) is 18.2 Å². The van der Waals surface area contributed by atoms with E-state index in [1.807, 2.05) is 0 Å². The highest BCUT2D eigenvalue weighted by Crippen LogP contribution is 2.25. The molecular formula is C12H14N2O6. The number of hydrogen-bond donors (Lipinski definition) is 3. The van der Waals surface area contributed by atoms with Gasteiger partial charge in [-0.15, -0.1) is 0 Å². The number of hydrogen-bond acceptors (Lipinski definition) is 5. The van der Waals surface area contributed by atoms with E-state index in [9.17, 15) is 14.4 Å². The van der Waals surface area contributed by atoms with Crippen molar-refractivity contribution in [1.82, 2.24) is 5.32 Å². The number of carboxylic acids is 1. The van der Waals surface area contributed by atoms with Crippen LogP contribution in [0.15, 0.2) is 18.2 Å². The molecule has 0 spiro atoms. The van der Waals surface area contributed by atoms with Gasteiger partial charge >= 0.3 is 18.0 Å². The van der Waals surface area contributed by atoms with Crippen molar-refractivity contribution >= 4 is 23.7 Å². The van der Waals surface area contributed by atoms with Crippen molar-refractivity contribution in [2.45, 2.75) is 0 Å². The van der Waals surface area contributed by atoms with E-state index in [-0.39, 0.29) is 17.8 Å². The van der Waals surface area contributed by atoms with E-state index < -0.39 is 18.0 Å². The van der Waals surface area contributed by atoms with Crippen LogP contribution in [0.25, 0.3) is 0 Å². The molecule has 0 atom stereocenters. The number of carbonyl (C=O) groups is 3. The number of anilines is 1. The number of benzene rings is 1. The first-order chi connectivity index (χ1) is 9.47.